The molecule has 2 atom stereocenters. The molecule has 0 saturated heterocycles. The average molecular weight is 270 g/mol. The Hall–Kier alpha value is -0.290. The Labute approximate surface area is 103 Å². The third kappa shape index (κ3) is 3.63. The number of carbonyl (C=O) groups is 1. The lowest BCUT2D eigenvalue weighted by Crippen LogP contribution is -2.51. The minimum absolute atomic E-state index is 0.0981. The van der Waals surface area contributed by atoms with Gasteiger partial charge in [-0.3, -0.25) is 4.79 Å². The van der Waals surface area contributed by atoms with Gasteiger partial charge in [0.25, 0.3) is 0 Å². The fourth-order valence-electron chi connectivity index (χ4n) is 0.825. The molecule has 0 aliphatic carbocycles. The van der Waals surface area contributed by atoms with E-state index in [1.54, 1.807) is 0 Å². The van der Waals surface area contributed by atoms with Crippen LogP contribution in [0, 0.1) is 5.92 Å². The van der Waals surface area contributed by atoms with Crippen LogP contribution in [-0.4, -0.2) is 37.2 Å². The fourth-order valence-corrected chi connectivity index (χ4v) is 1.49. The number of carbonyl (C=O) groups excluding carboxylic acids is 1. The van der Waals surface area contributed by atoms with Gasteiger partial charge in [0, 0.05) is 18.2 Å². The van der Waals surface area contributed by atoms with E-state index in [4.69, 9.17) is 11.6 Å². The van der Waals surface area contributed by atoms with E-state index in [0.717, 1.165) is 6.26 Å². The van der Waals surface area contributed by atoms with Crippen molar-refractivity contribution in [3.05, 3.63) is 0 Å². The zero-order valence-corrected chi connectivity index (χ0v) is 11.9. The SMILES string of the molecule is CC(CCl)C(C)NC(=O)C(C)(C)S(C)(=O)=O. The standard InChI is InChI=1S/C10H20ClNO3S/c1-7(6-11)8(2)12-9(13)10(3,4)16(5,14)15/h7-8H,6H2,1-5H3,(H,12,13). The number of nitrogens with one attached hydrogen (secondary N) is 1. The summed E-state index contributed by atoms with van der Waals surface area (Å²) in [5, 5.41) is 2.67. The number of rotatable bonds is 5. The van der Waals surface area contributed by atoms with Crippen LogP contribution in [0.5, 0.6) is 0 Å². The van der Waals surface area contributed by atoms with Gasteiger partial charge in [0.2, 0.25) is 5.91 Å². The molecule has 0 aromatic rings. The summed E-state index contributed by atoms with van der Waals surface area (Å²) in [5.74, 6) is 0.0289. The normalized spacial score (nSPS) is 16.6. The van der Waals surface area contributed by atoms with Crippen LogP contribution in [0.1, 0.15) is 27.7 Å². The van der Waals surface area contributed by atoms with Crippen molar-refractivity contribution in [3.63, 3.8) is 0 Å². The van der Waals surface area contributed by atoms with Gasteiger partial charge in [0.1, 0.15) is 4.75 Å². The van der Waals surface area contributed by atoms with Crippen LogP contribution in [0.4, 0.5) is 0 Å². The van der Waals surface area contributed by atoms with Gasteiger partial charge in [-0.2, -0.15) is 0 Å². The molecule has 0 aromatic heterocycles. The van der Waals surface area contributed by atoms with Crippen molar-refractivity contribution in [2.75, 3.05) is 12.1 Å². The molecule has 0 aliphatic rings. The molecule has 0 spiro atoms. The van der Waals surface area contributed by atoms with Gasteiger partial charge in [-0.15, -0.1) is 11.6 Å². The highest BCUT2D eigenvalue weighted by molar-refractivity contribution is 7.92. The molecule has 1 N–H and O–H groups in total. The minimum atomic E-state index is -3.42. The Morgan fingerprint density at radius 2 is 1.81 bits per heavy atom. The van der Waals surface area contributed by atoms with Gasteiger partial charge in [0.15, 0.2) is 9.84 Å². The number of halogens is 1. The zero-order chi connectivity index (χ0) is 13.1. The molecule has 0 radical (unpaired) electrons. The maximum Gasteiger partial charge on any atom is 0.241 e. The average Bonchev–Trinajstić information content (AvgIpc) is 2.14. The summed E-state index contributed by atoms with van der Waals surface area (Å²) in [5.41, 5.74) is 0. The largest absolute Gasteiger partial charge is 0.352 e. The Kier molecular flexibility index (Phi) is 5.26. The summed E-state index contributed by atoms with van der Waals surface area (Å²) in [6.07, 6.45) is 1.06. The maximum absolute atomic E-state index is 11.8. The molecule has 6 heteroatoms. The summed E-state index contributed by atoms with van der Waals surface area (Å²) in [6, 6.07) is -0.147. The monoisotopic (exact) mass is 269 g/mol. The van der Waals surface area contributed by atoms with Crippen molar-refractivity contribution in [1.82, 2.24) is 5.32 Å². The molecule has 2 unspecified atom stereocenters. The van der Waals surface area contributed by atoms with Crippen LogP contribution in [0.2, 0.25) is 0 Å². The van der Waals surface area contributed by atoms with Crippen molar-refractivity contribution in [2.45, 2.75) is 38.5 Å². The van der Waals surface area contributed by atoms with E-state index in [9.17, 15) is 13.2 Å². The van der Waals surface area contributed by atoms with E-state index in [0.29, 0.717) is 5.88 Å². The van der Waals surface area contributed by atoms with Gasteiger partial charge < -0.3 is 5.32 Å². The van der Waals surface area contributed by atoms with Crippen molar-refractivity contribution >= 4 is 27.3 Å². The highest BCUT2D eigenvalue weighted by atomic mass is 35.5. The third-order valence-corrected chi connectivity index (χ3v) is 5.46. The lowest BCUT2D eigenvalue weighted by Gasteiger charge is -2.26. The lowest BCUT2D eigenvalue weighted by molar-refractivity contribution is -0.123. The van der Waals surface area contributed by atoms with E-state index in [-0.39, 0.29) is 12.0 Å². The third-order valence-electron chi connectivity index (χ3n) is 2.93. The second-order valence-corrected chi connectivity index (χ2v) is 7.55. The maximum atomic E-state index is 11.8. The predicted molar refractivity (Wildman–Crippen MR) is 66.4 cm³/mol. The van der Waals surface area contributed by atoms with Crippen molar-refractivity contribution < 1.29 is 13.2 Å². The van der Waals surface area contributed by atoms with Gasteiger partial charge in [-0.05, 0) is 26.7 Å². The Balaban J connectivity index is 4.73. The first kappa shape index (κ1) is 15.7. The number of alkyl halides is 1. The lowest BCUT2D eigenvalue weighted by atomic mass is 10.1. The molecule has 0 bridgehead atoms. The second-order valence-electron chi connectivity index (χ2n) is 4.68. The summed E-state index contributed by atoms with van der Waals surface area (Å²) >= 11 is 5.66. The van der Waals surface area contributed by atoms with Crippen molar-refractivity contribution in [2.24, 2.45) is 5.92 Å². The molecule has 96 valence electrons. The first-order chi connectivity index (χ1) is 7.04. The molecule has 0 aromatic carbocycles. The van der Waals surface area contributed by atoms with Crippen LogP contribution >= 0.6 is 11.6 Å². The summed E-state index contributed by atoms with van der Waals surface area (Å²) < 4.78 is 21.4. The van der Waals surface area contributed by atoms with Crippen LogP contribution in [0.25, 0.3) is 0 Å². The van der Waals surface area contributed by atoms with Crippen molar-refractivity contribution in [3.8, 4) is 0 Å². The fraction of sp³-hybridized carbons (Fsp3) is 0.900. The second kappa shape index (κ2) is 5.36. The molecule has 0 rings (SSSR count). The minimum Gasteiger partial charge on any atom is -0.352 e. The summed E-state index contributed by atoms with van der Waals surface area (Å²) in [7, 11) is -3.42. The highest BCUT2D eigenvalue weighted by Gasteiger charge is 2.39. The van der Waals surface area contributed by atoms with Crippen LogP contribution < -0.4 is 5.32 Å². The molecule has 0 heterocycles. The van der Waals surface area contributed by atoms with Crippen LogP contribution in [0.3, 0.4) is 0 Å². The van der Waals surface area contributed by atoms with E-state index in [1.807, 2.05) is 13.8 Å². The Morgan fingerprint density at radius 3 is 2.12 bits per heavy atom. The first-order valence-electron chi connectivity index (χ1n) is 5.10. The quantitative estimate of drug-likeness (QED) is 0.763. The van der Waals surface area contributed by atoms with Gasteiger partial charge in [0.05, 0.1) is 0 Å². The Morgan fingerprint density at radius 1 is 1.38 bits per heavy atom. The summed E-state index contributed by atoms with van der Waals surface area (Å²) in [4.78, 5) is 11.8. The van der Waals surface area contributed by atoms with Gasteiger partial charge in [-0.25, -0.2) is 8.42 Å². The molecular weight excluding hydrogens is 250 g/mol. The van der Waals surface area contributed by atoms with Crippen LogP contribution in [0.15, 0.2) is 0 Å². The van der Waals surface area contributed by atoms with Crippen molar-refractivity contribution in [1.29, 1.82) is 0 Å². The van der Waals surface area contributed by atoms with E-state index >= 15 is 0 Å². The van der Waals surface area contributed by atoms with E-state index in [2.05, 4.69) is 5.32 Å². The number of sulfone groups is 1. The molecule has 4 nitrogen and oxygen atoms in total. The van der Waals surface area contributed by atoms with E-state index in [1.165, 1.54) is 13.8 Å². The summed E-state index contributed by atoms with van der Waals surface area (Å²) in [6.45, 7) is 6.50. The molecule has 16 heavy (non-hydrogen) atoms. The van der Waals surface area contributed by atoms with Crippen LogP contribution in [-0.2, 0) is 14.6 Å². The topological polar surface area (TPSA) is 63.2 Å². The van der Waals surface area contributed by atoms with Gasteiger partial charge in [-0.1, -0.05) is 6.92 Å². The Bertz CT molecular complexity index is 351. The smallest absolute Gasteiger partial charge is 0.241 e. The molecule has 0 fully saturated rings. The molecule has 0 aliphatic heterocycles. The molecular formula is C10H20ClNO3S. The first-order valence-corrected chi connectivity index (χ1v) is 7.53. The van der Waals surface area contributed by atoms with Gasteiger partial charge >= 0.3 is 0 Å². The molecule has 1 amide bonds. The zero-order valence-electron chi connectivity index (χ0n) is 10.4. The highest BCUT2D eigenvalue weighted by Crippen LogP contribution is 2.16. The molecule has 0 saturated carbocycles. The number of hydrogen-bond donors (Lipinski definition) is 1. The van der Waals surface area contributed by atoms with E-state index < -0.39 is 20.5 Å². The number of hydrogen-bond acceptors (Lipinski definition) is 3. The predicted octanol–water partition coefficient (Wildman–Crippen LogP) is 1.19. The number of amides is 1.